The van der Waals surface area contributed by atoms with E-state index < -0.39 is 0 Å². The summed E-state index contributed by atoms with van der Waals surface area (Å²) in [5.74, 6) is 0. The number of benzene rings is 1. The third kappa shape index (κ3) is 3.35. The maximum atomic E-state index is 3.59. The highest BCUT2D eigenvalue weighted by Crippen LogP contribution is 2.20. The molecule has 1 heteroatoms. The lowest BCUT2D eigenvalue weighted by atomic mass is 10.0. The van der Waals surface area contributed by atoms with E-state index >= 15 is 0 Å². The van der Waals surface area contributed by atoms with Crippen LogP contribution in [-0.4, -0.2) is 6.04 Å². The van der Waals surface area contributed by atoms with Crippen LogP contribution in [0.1, 0.15) is 43.7 Å². The fourth-order valence-electron chi connectivity index (χ4n) is 1.88. The van der Waals surface area contributed by atoms with Crippen molar-refractivity contribution in [3.05, 3.63) is 35.4 Å². The smallest absolute Gasteiger partial charge is 0.0210 e. The molecule has 1 fully saturated rings. The van der Waals surface area contributed by atoms with E-state index in [9.17, 15) is 0 Å². The summed E-state index contributed by atoms with van der Waals surface area (Å²) in [6.45, 7) is 3.32. The number of hydrogen-bond donors (Lipinski definition) is 1. The SMILES string of the molecule is CCCCc1ccccc1CNC1CC1. The Morgan fingerprint density at radius 1 is 1.20 bits per heavy atom. The van der Waals surface area contributed by atoms with E-state index in [0.29, 0.717) is 0 Å². The number of unbranched alkanes of at least 4 members (excludes halogenated alkanes) is 1. The molecule has 1 aromatic rings. The molecule has 0 aromatic heterocycles. The van der Waals surface area contributed by atoms with Gasteiger partial charge in [0.15, 0.2) is 0 Å². The molecule has 1 nitrogen and oxygen atoms in total. The molecule has 0 heterocycles. The number of hydrogen-bond acceptors (Lipinski definition) is 1. The second-order valence-corrected chi connectivity index (χ2v) is 4.53. The van der Waals surface area contributed by atoms with Crippen molar-refractivity contribution in [2.24, 2.45) is 0 Å². The van der Waals surface area contributed by atoms with E-state index in [2.05, 4.69) is 36.5 Å². The van der Waals surface area contributed by atoms with Crippen LogP contribution >= 0.6 is 0 Å². The molecule has 0 unspecified atom stereocenters. The highest BCUT2D eigenvalue weighted by Gasteiger charge is 2.20. The van der Waals surface area contributed by atoms with E-state index in [1.165, 1.54) is 43.2 Å². The van der Waals surface area contributed by atoms with Gasteiger partial charge in [-0.3, -0.25) is 0 Å². The Morgan fingerprint density at radius 3 is 2.60 bits per heavy atom. The molecule has 2 rings (SSSR count). The van der Waals surface area contributed by atoms with E-state index in [0.717, 1.165) is 12.6 Å². The summed E-state index contributed by atoms with van der Waals surface area (Å²) in [5, 5.41) is 3.59. The normalized spacial score (nSPS) is 15.5. The van der Waals surface area contributed by atoms with Gasteiger partial charge in [0.2, 0.25) is 0 Å². The zero-order chi connectivity index (χ0) is 10.5. The van der Waals surface area contributed by atoms with Crippen molar-refractivity contribution >= 4 is 0 Å². The number of rotatable bonds is 6. The molecule has 1 N–H and O–H groups in total. The first-order valence-corrected chi connectivity index (χ1v) is 6.20. The molecule has 0 radical (unpaired) electrons. The molecular formula is C14H21N. The van der Waals surface area contributed by atoms with E-state index in [1.54, 1.807) is 0 Å². The second-order valence-electron chi connectivity index (χ2n) is 4.53. The molecule has 0 aliphatic heterocycles. The predicted octanol–water partition coefficient (Wildman–Crippen LogP) is 3.28. The Hall–Kier alpha value is -0.820. The van der Waals surface area contributed by atoms with Crippen LogP contribution in [-0.2, 0) is 13.0 Å². The van der Waals surface area contributed by atoms with Gasteiger partial charge in [0.25, 0.3) is 0 Å². The van der Waals surface area contributed by atoms with Crippen molar-refractivity contribution in [3.63, 3.8) is 0 Å². The van der Waals surface area contributed by atoms with Crippen LogP contribution in [0.25, 0.3) is 0 Å². The van der Waals surface area contributed by atoms with Crippen LogP contribution in [0.4, 0.5) is 0 Å². The van der Waals surface area contributed by atoms with Crippen molar-refractivity contribution in [1.82, 2.24) is 5.32 Å². The van der Waals surface area contributed by atoms with E-state index in [4.69, 9.17) is 0 Å². The van der Waals surface area contributed by atoms with Crippen molar-refractivity contribution in [1.29, 1.82) is 0 Å². The summed E-state index contributed by atoms with van der Waals surface area (Å²) in [5.41, 5.74) is 3.03. The zero-order valence-corrected chi connectivity index (χ0v) is 9.63. The molecule has 1 aliphatic carbocycles. The third-order valence-corrected chi connectivity index (χ3v) is 3.08. The Balaban J connectivity index is 1.93. The Morgan fingerprint density at radius 2 is 1.93 bits per heavy atom. The summed E-state index contributed by atoms with van der Waals surface area (Å²) in [6.07, 6.45) is 6.57. The number of aryl methyl sites for hydroxylation is 1. The van der Waals surface area contributed by atoms with Crippen LogP contribution in [0, 0.1) is 0 Å². The molecule has 0 saturated heterocycles. The quantitative estimate of drug-likeness (QED) is 0.748. The van der Waals surface area contributed by atoms with Crippen molar-refractivity contribution in [2.45, 2.75) is 51.6 Å². The average molecular weight is 203 g/mol. The van der Waals surface area contributed by atoms with Crippen molar-refractivity contribution < 1.29 is 0 Å². The molecule has 0 amide bonds. The third-order valence-electron chi connectivity index (χ3n) is 3.08. The maximum Gasteiger partial charge on any atom is 0.0210 e. The van der Waals surface area contributed by atoms with Gasteiger partial charge in [-0.2, -0.15) is 0 Å². The average Bonchev–Trinajstić information content (AvgIpc) is 3.08. The molecule has 1 saturated carbocycles. The zero-order valence-electron chi connectivity index (χ0n) is 9.63. The Kier molecular flexibility index (Phi) is 3.79. The Labute approximate surface area is 92.9 Å². The van der Waals surface area contributed by atoms with E-state index in [1.807, 2.05) is 0 Å². The van der Waals surface area contributed by atoms with Gasteiger partial charge in [-0.15, -0.1) is 0 Å². The standard InChI is InChI=1S/C14H21N/c1-2-3-6-12-7-4-5-8-13(12)11-15-14-9-10-14/h4-5,7-8,14-15H,2-3,6,9-11H2,1H3. The largest absolute Gasteiger partial charge is 0.310 e. The lowest BCUT2D eigenvalue weighted by molar-refractivity contribution is 0.677. The molecule has 1 aromatic carbocycles. The van der Waals surface area contributed by atoms with Gasteiger partial charge in [0, 0.05) is 12.6 Å². The molecule has 0 atom stereocenters. The maximum absolute atomic E-state index is 3.59. The number of nitrogens with one attached hydrogen (secondary N) is 1. The van der Waals surface area contributed by atoms with Crippen molar-refractivity contribution in [3.8, 4) is 0 Å². The van der Waals surface area contributed by atoms with Gasteiger partial charge < -0.3 is 5.32 Å². The van der Waals surface area contributed by atoms with Crippen LogP contribution in [0.3, 0.4) is 0 Å². The van der Waals surface area contributed by atoms with Crippen LogP contribution in [0.2, 0.25) is 0 Å². The van der Waals surface area contributed by atoms with Gasteiger partial charge >= 0.3 is 0 Å². The summed E-state index contributed by atoms with van der Waals surface area (Å²) in [7, 11) is 0. The van der Waals surface area contributed by atoms with Gasteiger partial charge in [-0.05, 0) is 36.8 Å². The van der Waals surface area contributed by atoms with Crippen LogP contribution in [0.15, 0.2) is 24.3 Å². The summed E-state index contributed by atoms with van der Waals surface area (Å²) in [4.78, 5) is 0. The van der Waals surface area contributed by atoms with Gasteiger partial charge in [0.05, 0.1) is 0 Å². The van der Waals surface area contributed by atoms with E-state index in [-0.39, 0.29) is 0 Å². The molecular weight excluding hydrogens is 182 g/mol. The molecule has 0 bridgehead atoms. The first-order chi connectivity index (χ1) is 7.40. The molecule has 15 heavy (non-hydrogen) atoms. The summed E-state index contributed by atoms with van der Waals surface area (Å²) >= 11 is 0. The molecule has 0 spiro atoms. The van der Waals surface area contributed by atoms with Crippen LogP contribution in [0.5, 0.6) is 0 Å². The first kappa shape index (κ1) is 10.7. The summed E-state index contributed by atoms with van der Waals surface area (Å²) in [6, 6.07) is 9.66. The highest BCUT2D eigenvalue weighted by molar-refractivity contribution is 5.27. The fraction of sp³-hybridized carbons (Fsp3) is 0.571. The second kappa shape index (κ2) is 5.32. The Bertz CT molecular complexity index is 302. The minimum Gasteiger partial charge on any atom is -0.310 e. The minimum atomic E-state index is 0.809. The molecule has 1 aliphatic rings. The predicted molar refractivity (Wildman–Crippen MR) is 64.9 cm³/mol. The highest BCUT2D eigenvalue weighted by atomic mass is 14.9. The lowest BCUT2D eigenvalue weighted by Gasteiger charge is -2.09. The minimum absolute atomic E-state index is 0.809. The van der Waals surface area contributed by atoms with Crippen LogP contribution < -0.4 is 5.32 Å². The topological polar surface area (TPSA) is 12.0 Å². The molecule has 82 valence electrons. The lowest BCUT2D eigenvalue weighted by Crippen LogP contribution is -2.16. The fourth-order valence-corrected chi connectivity index (χ4v) is 1.88. The van der Waals surface area contributed by atoms with Gasteiger partial charge in [-0.25, -0.2) is 0 Å². The summed E-state index contributed by atoms with van der Waals surface area (Å²) < 4.78 is 0. The first-order valence-electron chi connectivity index (χ1n) is 6.20. The van der Waals surface area contributed by atoms with Gasteiger partial charge in [0.1, 0.15) is 0 Å². The monoisotopic (exact) mass is 203 g/mol. The van der Waals surface area contributed by atoms with Gasteiger partial charge in [-0.1, -0.05) is 37.6 Å². The van der Waals surface area contributed by atoms with Crippen molar-refractivity contribution in [2.75, 3.05) is 0 Å².